The average Bonchev–Trinajstić information content (AvgIpc) is 2.72. The van der Waals surface area contributed by atoms with Gasteiger partial charge in [0.25, 0.3) is 0 Å². The molecule has 1 aliphatic heterocycles. The summed E-state index contributed by atoms with van der Waals surface area (Å²) in [5.74, 6) is 1.41. The van der Waals surface area contributed by atoms with Crippen LogP contribution in [0.15, 0.2) is 48.5 Å². The number of hydrogen-bond acceptors (Lipinski definition) is 4. The van der Waals surface area contributed by atoms with Crippen LogP contribution in [0.5, 0.6) is 11.5 Å². The first-order valence-electron chi connectivity index (χ1n) is 10.1. The predicted octanol–water partition coefficient (Wildman–Crippen LogP) is 4.15. The summed E-state index contributed by atoms with van der Waals surface area (Å²) in [5, 5.41) is 0. The zero-order valence-electron chi connectivity index (χ0n) is 17.7. The number of nitrogens with zero attached hydrogens (tertiary/aromatic N) is 2. The van der Waals surface area contributed by atoms with Crippen molar-refractivity contribution in [3.05, 3.63) is 59.7 Å². The molecule has 2 aromatic carbocycles. The molecule has 154 valence electrons. The molecule has 5 nitrogen and oxygen atoms in total. The fourth-order valence-corrected chi connectivity index (χ4v) is 3.42. The third-order valence-corrected chi connectivity index (χ3v) is 4.93. The molecule has 0 spiro atoms. The van der Waals surface area contributed by atoms with E-state index in [4.69, 9.17) is 9.47 Å². The number of piperazine rings is 1. The summed E-state index contributed by atoms with van der Waals surface area (Å²) in [6.45, 7) is 9.19. The minimum Gasteiger partial charge on any atom is -0.493 e. The summed E-state index contributed by atoms with van der Waals surface area (Å²) in [7, 11) is 1.62. The molecule has 29 heavy (non-hydrogen) atoms. The highest BCUT2D eigenvalue weighted by Crippen LogP contribution is 2.29. The molecule has 0 bridgehead atoms. The van der Waals surface area contributed by atoms with Crippen LogP contribution in [-0.2, 0) is 4.79 Å². The van der Waals surface area contributed by atoms with E-state index in [1.54, 1.807) is 13.2 Å². The van der Waals surface area contributed by atoms with Crippen LogP contribution in [0.2, 0.25) is 0 Å². The minimum absolute atomic E-state index is 0.0374. The minimum atomic E-state index is 0.0374. The van der Waals surface area contributed by atoms with Gasteiger partial charge in [0, 0.05) is 37.9 Å². The normalized spacial score (nSPS) is 14.5. The zero-order valence-corrected chi connectivity index (χ0v) is 17.7. The Hall–Kier alpha value is -2.95. The Labute approximate surface area is 173 Å². The summed E-state index contributed by atoms with van der Waals surface area (Å²) in [6.07, 6.45) is 3.54. The van der Waals surface area contributed by atoms with Crippen LogP contribution in [-0.4, -0.2) is 50.2 Å². The van der Waals surface area contributed by atoms with Gasteiger partial charge in [0.1, 0.15) is 0 Å². The SMILES string of the molecule is COc1cc(/C=C/C(=O)N2CCN(c3cccc(C)c3)CC2)ccc1OC(C)C. The maximum atomic E-state index is 12.6. The van der Waals surface area contributed by atoms with Crippen LogP contribution in [0.25, 0.3) is 6.08 Å². The number of benzene rings is 2. The zero-order chi connectivity index (χ0) is 20.8. The fraction of sp³-hybridized carbons (Fsp3) is 0.375. The monoisotopic (exact) mass is 394 g/mol. The van der Waals surface area contributed by atoms with E-state index >= 15 is 0 Å². The molecule has 0 aromatic heterocycles. The Balaban J connectivity index is 1.58. The molecule has 0 unspecified atom stereocenters. The highest BCUT2D eigenvalue weighted by molar-refractivity contribution is 5.92. The standard InChI is InChI=1S/C24H30N2O3/c1-18(2)29-22-10-8-20(17-23(22)28-4)9-11-24(27)26-14-12-25(13-15-26)21-7-5-6-19(3)16-21/h5-11,16-18H,12-15H2,1-4H3/b11-9+. The van der Waals surface area contributed by atoms with Crippen molar-refractivity contribution >= 4 is 17.7 Å². The lowest BCUT2D eigenvalue weighted by molar-refractivity contribution is -0.126. The van der Waals surface area contributed by atoms with E-state index in [2.05, 4.69) is 36.1 Å². The Morgan fingerprint density at radius 1 is 1.03 bits per heavy atom. The molecule has 1 aliphatic rings. The van der Waals surface area contributed by atoms with Crippen LogP contribution in [0.4, 0.5) is 5.69 Å². The van der Waals surface area contributed by atoms with Gasteiger partial charge in [0.05, 0.1) is 13.2 Å². The lowest BCUT2D eigenvalue weighted by Gasteiger charge is -2.35. The van der Waals surface area contributed by atoms with E-state index in [1.165, 1.54) is 11.3 Å². The number of hydrogen-bond donors (Lipinski definition) is 0. The lowest BCUT2D eigenvalue weighted by atomic mass is 10.1. The molecular formula is C24H30N2O3. The molecular weight excluding hydrogens is 364 g/mol. The van der Waals surface area contributed by atoms with E-state index < -0.39 is 0 Å². The molecule has 0 radical (unpaired) electrons. The number of methoxy groups -OCH3 is 1. The number of carbonyl (C=O) groups is 1. The van der Waals surface area contributed by atoms with Crippen molar-refractivity contribution in [3.8, 4) is 11.5 Å². The second kappa shape index (κ2) is 9.50. The molecule has 1 saturated heterocycles. The molecule has 0 N–H and O–H groups in total. The first kappa shape index (κ1) is 20.8. The van der Waals surface area contributed by atoms with Crippen molar-refractivity contribution in [2.45, 2.75) is 26.9 Å². The van der Waals surface area contributed by atoms with Gasteiger partial charge in [-0.25, -0.2) is 0 Å². The van der Waals surface area contributed by atoms with Crippen molar-refractivity contribution < 1.29 is 14.3 Å². The Kier molecular flexibility index (Phi) is 6.81. The van der Waals surface area contributed by atoms with Gasteiger partial charge in [-0.3, -0.25) is 4.79 Å². The van der Waals surface area contributed by atoms with Gasteiger partial charge in [0.2, 0.25) is 5.91 Å². The number of amides is 1. The number of carbonyl (C=O) groups excluding carboxylic acids is 1. The maximum Gasteiger partial charge on any atom is 0.246 e. The summed E-state index contributed by atoms with van der Waals surface area (Å²) in [6, 6.07) is 14.2. The van der Waals surface area contributed by atoms with Crippen LogP contribution >= 0.6 is 0 Å². The van der Waals surface area contributed by atoms with Crippen molar-refractivity contribution in [2.24, 2.45) is 0 Å². The van der Waals surface area contributed by atoms with Crippen molar-refractivity contribution in [1.29, 1.82) is 0 Å². The summed E-state index contributed by atoms with van der Waals surface area (Å²) in [4.78, 5) is 16.8. The number of rotatable bonds is 6. The summed E-state index contributed by atoms with van der Waals surface area (Å²) < 4.78 is 11.1. The van der Waals surface area contributed by atoms with Crippen LogP contribution in [0, 0.1) is 6.92 Å². The van der Waals surface area contributed by atoms with Crippen molar-refractivity contribution in [1.82, 2.24) is 4.90 Å². The molecule has 3 rings (SSSR count). The number of anilines is 1. The molecule has 5 heteroatoms. The van der Waals surface area contributed by atoms with E-state index in [9.17, 15) is 4.79 Å². The molecule has 2 aromatic rings. The second-order valence-electron chi connectivity index (χ2n) is 7.56. The topological polar surface area (TPSA) is 42.0 Å². The van der Waals surface area contributed by atoms with E-state index in [1.807, 2.05) is 43.0 Å². The van der Waals surface area contributed by atoms with Gasteiger partial charge in [-0.2, -0.15) is 0 Å². The molecule has 0 atom stereocenters. The van der Waals surface area contributed by atoms with Crippen LogP contribution < -0.4 is 14.4 Å². The average molecular weight is 395 g/mol. The smallest absolute Gasteiger partial charge is 0.246 e. The summed E-state index contributed by atoms with van der Waals surface area (Å²) in [5.41, 5.74) is 3.39. The van der Waals surface area contributed by atoms with Gasteiger partial charge < -0.3 is 19.3 Å². The first-order chi connectivity index (χ1) is 14.0. The van der Waals surface area contributed by atoms with Crippen molar-refractivity contribution in [3.63, 3.8) is 0 Å². The Morgan fingerprint density at radius 3 is 2.45 bits per heavy atom. The Bertz CT molecular complexity index is 868. The van der Waals surface area contributed by atoms with Gasteiger partial charge >= 0.3 is 0 Å². The molecule has 1 heterocycles. The highest BCUT2D eigenvalue weighted by Gasteiger charge is 2.19. The van der Waals surface area contributed by atoms with E-state index in [-0.39, 0.29) is 12.0 Å². The molecule has 1 amide bonds. The molecule has 1 fully saturated rings. The fourth-order valence-electron chi connectivity index (χ4n) is 3.42. The van der Waals surface area contributed by atoms with Gasteiger partial charge in [0.15, 0.2) is 11.5 Å². The van der Waals surface area contributed by atoms with Gasteiger partial charge in [-0.1, -0.05) is 18.2 Å². The number of ether oxygens (including phenoxy) is 2. The summed E-state index contributed by atoms with van der Waals surface area (Å²) >= 11 is 0. The predicted molar refractivity (Wildman–Crippen MR) is 118 cm³/mol. The highest BCUT2D eigenvalue weighted by atomic mass is 16.5. The number of aryl methyl sites for hydroxylation is 1. The van der Waals surface area contributed by atoms with Gasteiger partial charge in [-0.15, -0.1) is 0 Å². The maximum absolute atomic E-state index is 12.6. The van der Waals surface area contributed by atoms with E-state index in [0.29, 0.717) is 11.5 Å². The third-order valence-electron chi connectivity index (χ3n) is 4.93. The molecule has 0 saturated carbocycles. The Morgan fingerprint density at radius 2 is 1.79 bits per heavy atom. The van der Waals surface area contributed by atoms with E-state index in [0.717, 1.165) is 31.7 Å². The van der Waals surface area contributed by atoms with Gasteiger partial charge in [-0.05, 0) is 62.2 Å². The second-order valence-corrected chi connectivity index (χ2v) is 7.56. The molecule has 0 aliphatic carbocycles. The lowest BCUT2D eigenvalue weighted by Crippen LogP contribution is -2.48. The largest absolute Gasteiger partial charge is 0.493 e. The first-order valence-corrected chi connectivity index (χ1v) is 10.1. The quantitative estimate of drug-likeness (QED) is 0.690. The van der Waals surface area contributed by atoms with Crippen LogP contribution in [0.1, 0.15) is 25.0 Å². The van der Waals surface area contributed by atoms with Crippen molar-refractivity contribution in [2.75, 3.05) is 38.2 Å². The third kappa shape index (κ3) is 5.53. The van der Waals surface area contributed by atoms with Crippen LogP contribution in [0.3, 0.4) is 0 Å².